The smallest absolute Gasteiger partial charge is 0.135 e. The molecule has 1 aromatic carbocycles. The molecule has 0 radical (unpaired) electrons. The van der Waals surface area contributed by atoms with E-state index in [2.05, 4.69) is 23.7 Å². The Morgan fingerprint density at radius 1 is 1.38 bits per heavy atom. The topological polar surface area (TPSA) is 74.3 Å². The van der Waals surface area contributed by atoms with E-state index in [1.807, 2.05) is 25.1 Å². The predicted octanol–water partition coefficient (Wildman–Crippen LogP) is 3.13. The molecule has 6 heteroatoms. The lowest BCUT2D eigenvalue weighted by atomic mass is 10.0. The lowest BCUT2D eigenvalue weighted by Crippen LogP contribution is -2.25. The standard InChI is InChI=1S/C18H26N4O2/c1-5-24-10-14-21-16-17(22(14)9-11(2)3)15-12(20-18(16)19)7-6-8-13(15)23-4/h6-8,11,18,20H,5,9-10,19H2,1-4H3. The van der Waals surface area contributed by atoms with Gasteiger partial charge in [0.2, 0.25) is 0 Å². The van der Waals surface area contributed by atoms with Gasteiger partial charge < -0.3 is 25.1 Å². The fourth-order valence-electron chi connectivity index (χ4n) is 3.17. The quantitative estimate of drug-likeness (QED) is 0.851. The van der Waals surface area contributed by atoms with E-state index in [1.165, 1.54) is 0 Å². The molecular weight excluding hydrogens is 304 g/mol. The van der Waals surface area contributed by atoms with Crippen LogP contribution in [0.1, 0.15) is 38.5 Å². The summed E-state index contributed by atoms with van der Waals surface area (Å²) in [5.41, 5.74) is 10.2. The van der Waals surface area contributed by atoms with Crippen molar-refractivity contribution in [3.05, 3.63) is 29.7 Å². The molecule has 0 bridgehead atoms. The van der Waals surface area contributed by atoms with Gasteiger partial charge in [0.1, 0.15) is 30.0 Å². The van der Waals surface area contributed by atoms with Crippen LogP contribution in [-0.2, 0) is 17.9 Å². The second-order valence-electron chi connectivity index (χ2n) is 6.41. The van der Waals surface area contributed by atoms with Gasteiger partial charge in [-0.05, 0) is 25.0 Å². The van der Waals surface area contributed by atoms with Crippen molar-refractivity contribution in [1.29, 1.82) is 0 Å². The van der Waals surface area contributed by atoms with E-state index in [4.69, 9.17) is 20.2 Å². The number of anilines is 1. The lowest BCUT2D eigenvalue weighted by Gasteiger charge is -2.26. The largest absolute Gasteiger partial charge is 0.496 e. The van der Waals surface area contributed by atoms with Crippen molar-refractivity contribution in [2.45, 2.75) is 40.1 Å². The SMILES string of the molecule is CCOCc1nc2c(n1CC(C)C)-c1c(cccc1OC)NC2N. The van der Waals surface area contributed by atoms with Crippen molar-refractivity contribution in [2.24, 2.45) is 11.7 Å². The number of nitrogens with one attached hydrogen (secondary N) is 1. The summed E-state index contributed by atoms with van der Waals surface area (Å²) in [7, 11) is 1.69. The van der Waals surface area contributed by atoms with Gasteiger partial charge in [-0.2, -0.15) is 0 Å². The van der Waals surface area contributed by atoms with Crippen LogP contribution in [0.3, 0.4) is 0 Å². The summed E-state index contributed by atoms with van der Waals surface area (Å²) < 4.78 is 13.5. The van der Waals surface area contributed by atoms with Crippen LogP contribution >= 0.6 is 0 Å². The molecule has 1 atom stereocenters. The summed E-state index contributed by atoms with van der Waals surface area (Å²) in [6.07, 6.45) is -0.339. The zero-order valence-corrected chi connectivity index (χ0v) is 14.8. The van der Waals surface area contributed by atoms with Crippen LogP contribution in [0.25, 0.3) is 11.3 Å². The first kappa shape index (κ1) is 16.8. The summed E-state index contributed by atoms with van der Waals surface area (Å²) in [5, 5.41) is 3.32. The van der Waals surface area contributed by atoms with Crippen LogP contribution in [0.5, 0.6) is 5.75 Å². The molecule has 3 N–H and O–H groups in total. The number of nitrogens with two attached hydrogens (primary N) is 1. The first-order chi connectivity index (χ1) is 11.6. The van der Waals surface area contributed by atoms with Crippen LogP contribution in [0.15, 0.2) is 18.2 Å². The normalized spacial score (nSPS) is 15.8. The third-order valence-corrected chi connectivity index (χ3v) is 4.15. The summed E-state index contributed by atoms with van der Waals surface area (Å²) in [6.45, 7) is 8.37. The first-order valence-electron chi connectivity index (χ1n) is 8.43. The highest BCUT2D eigenvalue weighted by Crippen LogP contribution is 2.44. The fourth-order valence-corrected chi connectivity index (χ4v) is 3.17. The van der Waals surface area contributed by atoms with Gasteiger partial charge in [0.05, 0.1) is 18.4 Å². The van der Waals surface area contributed by atoms with Crippen molar-refractivity contribution in [1.82, 2.24) is 9.55 Å². The number of hydrogen-bond acceptors (Lipinski definition) is 5. The van der Waals surface area contributed by atoms with Crippen molar-refractivity contribution >= 4 is 5.69 Å². The van der Waals surface area contributed by atoms with Gasteiger partial charge in [-0.25, -0.2) is 4.98 Å². The average Bonchev–Trinajstić information content (AvgIpc) is 2.91. The molecule has 1 aliphatic heterocycles. The Labute approximate surface area is 143 Å². The van der Waals surface area contributed by atoms with Crippen LogP contribution in [-0.4, -0.2) is 23.3 Å². The highest BCUT2D eigenvalue weighted by molar-refractivity contribution is 5.86. The molecule has 0 saturated heterocycles. The molecule has 0 fully saturated rings. The van der Waals surface area contributed by atoms with Crippen molar-refractivity contribution in [2.75, 3.05) is 19.0 Å². The van der Waals surface area contributed by atoms with Gasteiger partial charge in [0.25, 0.3) is 0 Å². The predicted molar refractivity (Wildman–Crippen MR) is 94.9 cm³/mol. The minimum atomic E-state index is -0.339. The van der Waals surface area contributed by atoms with E-state index >= 15 is 0 Å². The minimum absolute atomic E-state index is 0.339. The number of hydrogen-bond donors (Lipinski definition) is 2. The molecule has 2 heterocycles. The Morgan fingerprint density at radius 3 is 2.83 bits per heavy atom. The van der Waals surface area contributed by atoms with E-state index in [9.17, 15) is 0 Å². The van der Waals surface area contributed by atoms with Gasteiger partial charge in [0, 0.05) is 18.8 Å². The van der Waals surface area contributed by atoms with E-state index in [1.54, 1.807) is 7.11 Å². The molecule has 24 heavy (non-hydrogen) atoms. The molecule has 0 saturated carbocycles. The number of benzene rings is 1. The average molecular weight is 330 g/mol. The molecular formula is C18H26N4O2. The highest BCUT2D eigenvalue weighted by Gasteiger charge is 2.31. The Morgan fingerprint density at radius 2 is 2.17 bits per heavy atom. The van der Waals surface area contributed by atoms with Crippen LogP contribution in [0, 0.1) is 5.92 Å². The molecule has 6 nitrogen and oxygen atoms in total. The van der Waals surface area contributed by atoms with Crippen molar-refractivity contribution in [3.63, 3.8) is 0 Å². The maximum Gasteiger partial charge on any atom is 0.135 e. The van der Waals surface area contributed by atoms with Crippen LogP contribution in [0.2, 0.25) is 0 Å². The maximum atomic E-state index is 6.33. The number of imidazole rings is 1. The third-order valence-electron chi connectivity index (χ3n) is 4.15. The molecule has 2 aromatic rings. The molecule has 3 rings (SSSR count). The van der Waals surface area contributed by atoms with Crippen LogP contribution in [0.4, 0.5) is 5.69 Å². The van der Waals surface area contributed by atoms with E-state index in [-0.39, 0.29) is 6.17 Å². The second kappa shape index (κ2) is 6.83. The monoisotopic (exact) mass is 330 g/mol. The number of rotatable bonds is 6. The Balaban J connectivity index is 2.21. The molecule has 0 spiro atoms. The minimum Gasteiger partial charge on any atom is -0.496 e. The van der Waals surface area contributed by atoms with Crippen molar-refractivity contribution < 1.29 is 9.47 Å². The zero-order chi connectivity index (χ0) is 17.3. The summed E-state index contributed by atoms with van der Waals surface area (Å²) in [4.78, 5) is 4.79. The van der Waals surface area contributed by atoms with Crippen LogP contribution < -0.4 is 15.8 Å². The number of fused-ring (bicyclic) bond motifs is 3. The Hall–Kier alpha value is -2.05. The number of aromatic nitrogens is 2. The molecule has 1 aliphatic rings. The zero-order valence-electron chi connectivity index (χ0n) is 14.8. The Bertz CT molecular complexity index is 724. The first-order valence-corrected chi connectivity index (χ1v) is 8.43. The molecule has 0 amide bonds. The summed E-state index contributed by atoms with van der Waals surface area (Å²) in [5.74, 6) is 2.21. The number of ether oxygens (including phenoxy) is 2. The number of methoxy groups -OCH3 is 1. The summed E-state index contributed by atoms with van der Waals surface area (Å²) >= 11 is 0. The lowest BCUT2D eigenvalue weighted by molar-refractivity contribution is 0.125. The summed E-state index contributed by atoms with van der Waals surface area (Å²) in [6, 6.07) is 5.96. The second-order valence-corrected chi connectivity index (χ2v) is 6.41. The van der Waals surface area contributed by atoms with Gasteiger partial charge in [-0.3, -0.25) is 0 Å². The molecule has 1 aromatic heterocycles. The van der Waals surface area contributed by atoms with E-state index in [0.29, 0.717) is 19.1 Å². The van der Waals surface area contributed by atoms with E-state index in [0.717, 1.165) is 40.8 Å². The third kappa shape index (κ3) is 2.87. The van der Waals surface area contributed by atoms with Gasteiger partial charge >= 0.3 is 0 Å². The highest BCUT2D eigenvalue weighted by atomic mass is 16.5. The van der Waals surface area contributed by atoms with Gasteiger partial charge in [-0.15, -0.1) is 0 Å². The molecule has 1 unspecified atom stereocenters. The fraction of sp³-hybridized carbons (Fsp3) is 0.500. The van der Waals surface area contributed by atoms with Gasteiger partial charge in [0.15, 0.2) is 0 Å². The maximum absolute atomic E-state index is 6.33. The van der Waals surface area contributed by atoms with E-state index < -0.39 is 0 Å². The Kier molecular flexibility index (Phi) is 4.78. The van der Waals surface area contributed by atoms with Crippen molar-refractivity contribution in [3.8, 4) is 17.0 Å². The van der Waals surface area contributed by atoms with Gasteiger partial charge in [-0.1, -0.05) is 19.9 Å². The molecule has 0 aliphatic carbocycles. The molecule has 130 valence electrons. The number of nitrogens with zero attached hydrogens (tertiary/aromatic N) is 2.